The molecule has 15 nitrogen and oxygen atoms in total. The van der Waals surface area contributed by atoms with E-state index in [4.69, 9.17) is 23.4 Å². The molecule has 0 spiro atoms. The summed E-state index contributed by atoms with van der Waals surface area (Å²) in [7, 11) is 0. The quantitative estimate of drug-likeness (QED) is 0.124. The van der Waals surface area contributed by atoms with Gasteiger partial charge in [0.2, 0.25) is 12.0 Å². The number of fused-ring (bicyclic) bond motifs is 1. The van der Waals surface area contributed by atoms with Crippen molar-refractivity contribution < 1.29 is 74.4 Å². The maximum absolute atomic E-state index is 11.2. The van der Waals surface area contributed by atoms with Crippen molar-refractivity contribution in [1.82, 2.24) is 0 Å². The van der Waals surface area contributed by atoms with Crippen LogP contribution in [0.1, 0.15) is 6.92 Å². The average molecular weight is 596 g/mol. The van der Waals surface area contributed by atoms with Crippen molar-refractivity contribution in [2.24, 2.45) is 0 Å². The van der Waals surface area contributed by atoms with E-state index in [1.165, 1.54) is 31.2 Å². The summed E-state index contributed by atoms with van der Waals surface area (Å²) < 4.78 is 28.5. The maximum Gasteiger partial charge on any atom is 0.402 e. The van der Waals surface area contributed by atoms with Gasteiger partial charge in [-0.15, -0.1) is 0 Å². The lowest BCUT2D eigenvalue weighted by Crippen LogP contribution is -2.64. The van der Waals surface area contributed by atoms with E-state index >= 15 is 0 Å². The van der Waals surface area contributed by atoms with E-state index in [2.05, 4.69) is 0 Å². The Hall–Kier alpha value is -3.51. The van der Waals surface area contributed by atoms with E-state index in [1.54, 1.807) is 0 Å². The second-order valence-electron chi connectivity index (χ2n) is 10.1. The van der Waals surface area contributed by atoms with Crippen LogP contribution in [0.5, 0.6) is 28.7 Å². The first-order valence-electron chi connectivity index (χ1n) is 12.9. The molecule has 228 valence electrons. The first-order chi connectivity index (χ1) is 19.9. The second-order valence-corrected chi connectivity index (χ2v) is 10.1. The summed E-state index contributed by atoms with van der Waals surface area (Å²) in [5.41, 5.74) is 0.192. The van der Waals surface area contributed by atoms with Gasteiger partial charge in [-0.1, -0.05) is 0 Å². The van der Waals surface area contributed by atoms with Crippen LogP contribution in [0.3, 0.4) is 0 Å². The molecule has 2 fully saturated rings. The lowest BCUT2D eigenvalue weighted by atomic mass is 9.97. The number of phenols is 4. The Kier molecular flexibility index (Phi) is 8.30. The monoisotopic (exact) mass is 595 g/mol. The van der Waals surface area contributed by atoms with Gasteiger partial charge < -0.3 is 70.0 Å². The van der Waals surface area contributed by atoms with E-state index in [-0.39, 0.29) is 39.5 Å². The molecule has 10 atom stereocenters. The molecule has 42 heavy (non-hydrogen) atoms. The van der Waals surface area contributed by atoms with E-state index in [0.717, 1.165) is 12.1 Å². The summed E-state index contributed by atoms with van der Waals surface area (Å²) >= 11 is 0. The number of rotatable bonds is 6. The summed E-state index contributed by atoms with van der Waals surface area (Å²) in [5, 5.41) is 102. The predicted molar refractivity (Wildman–Crippen MR) is 138 cm³/mol. The van der Waals surface area contributed by atoms with E-state index in [0.29, 0.717) is 0 Å². The molecule has 0 amide bonds. The minimum absolute atomic E-state index is 0.0140. The first-order valence-corrected chi connectivity index (χ1v) is 12.9. The molecule has 10 N–H and O–H groups in total. The van der Waals surface area contributed by atoms with Gasteiger partial charge in [0.1, 0.15) is 59.6 Å². The smallest absolute Gasteiger partial charge is 0.402 e. The summed E-state index contributed by atoms with van der Waals surface area (Å²) in [5.74, 6) is -1.82. The first kappa shape index (κ1) is 30.0. The molecule has 0 unspecified atom stereocenters. The zero-order valence-corrected chi connectivity index (χ0v) is 22.0. The van der Waals surface area contributed by atoms with Crippen molar-refractivity contribution in [3.63, 3.8) is 0 Å². The van der Waals surface area contributed by atoms with Gasteiger partial charge in [0, 0.05) is 18.2 Å². The molecule has 3 heterocycles. The molecule has 2 aliphatic heterocycles. The summed E-state index contributed by atoms with van der Waals surface area (Å²) in [6.45, 7) is 0.715. The predicted octanol–water partition coefficient (Wildman–Crippen LogP) is -0.766. The minimum atomic E-state index is -1.81. The van der Waals surface area contributed by atoms with Crippen molar-refractivity contribution in [2.45, 2.75) is 68.3 Å². The molecule has 0 aliphatic carbocycles. The van der Waals surface area contributed by atoms with Gasteiger partial charge in [-0.25, -0.2) is 4.42 Å². The summed E-state index contributed by atoms with van der Waals surface area (Å²) in [6.07, 6.45) is -15.7. The maximum atomic E-state index is 11.2. The van der Waals surface area contributed by atoms with Crippen molar-refractivity contribution in [3.05, 3.63) is 36.4 Å². The lowest BCUT2D eigenvalue weighted by molar-refractivity contribution is -0.350. The molecule has 3 aromatic rings. The number of phenolic OH excluding ortho intramolecular Hbond substituents is 4. The number of aliphatic hydroxyl groups is 6. The average Bonchev–Trinajstić information content (AvgIpc) is 2.95. The van der Waals surface area contributed by atoms with Gasteiger partial charge in [0.15, 0.2) is 17.8 Å². The van der Waals surface area contributed by atoms with Gasteiger partial charge in [-0.05, 0) is 19.1 Å². The molecule has 2 aliphatic rings. The molecule has 15 heteroatoms. The number of hydrogen-bond acceptors (Lipinski definition) is 14. The third-order valence-corrected chi connectivity index (χ3v) is 7.22. The highest BCUT2D eigenvalue weighted by molar-refractivity contribution is 5.88. The standard InChI is InChI=1S/C27H30O15/c1-9-19(33)25(42-26-22(36)21(35)20(34)18(8-28)41-26)23(37)27(38-9)40-17-7-12-14(31)5-11(29)6-16(12)39-24(17)10-2-3-13(30)15(32)4-10/h2-7,9,18-23,25-28,33-37H,8H2,1H3,(H3-,29,30,31,32)/p+1/t9-,18+,19-,20-,21-,22+,23+,25+,26-,27-/m0/s1. The molecule has 0 saturated carbocycles. The van der Waals surface area contributed by atoms with Crippen LogP contribution in [0.15, 0.2) is 40.8 Å². The Morgan fingerprint density at radius 1 is 0.762 bits per heavy atom. The van der Waals surface area contributed by atoms with Crippen molar-refractivity contribution in [1.29, 1.82) is 0 Å². The Morgan fingerprint density at radius 2 is 1.50 bits per heavy atom. The number of hydrogen-bond donors (Lipinski definition) is 10. The molecule has 2 aromatic carbocycles. The van der Waals surface area contributed by atoms with E-state index in [1.807, 2.05) is 0 Å². The van der Waals surface area contributed by atoms with E-state index < -0.39 is 79.5 Å². The highest BCUT2D eigenvalue weighted by Gasteiger charge is 2.51. The van der Waals surface area contributed by atoms with Gasteiger partial charge >= 0.3 is 11.3 Å². The highest BCUT2D eigenvalue weighted by Crippen LogP contribution is 2.42. The normalized spacial score (nSPS) is 33.5. The van der Waals surface area contributed by atoms with Crippen LogP contribution in [0.2, 0.25) is 0 Å². The molecule has 5 rings (SSSR count). The van der Waals surface area contributed by atoms with Crippen LogP contribution in [0.25, 0.3) is 22.3 Å². The fraction of sp³-hybridized carbons (Fsp3) is 0.444. The SMILES string of the molecule is C[C@@H]1O[C@@H](Oc2cc3c(O)cc(O)cc3[o+]c2-c2ccc(O)c(O)c2)[C@H](O)[C@H](O[C@@H]2O[C@H](CO)[C@H](O)[C@H](O)[C@H]2O)[C@H]1O. The molecule has 2 saturated heterocycles. The summed E-state index contributed by atoms with van der Waals surface area (Å²) in [4.78, 5) is 0. The third-order valence-electron chi connectivity index (χ3n) is 7.22. The number of benzene rings is 2. The van der Waals surface area contributed by atoms with Crippen LogP contribution >= 0.6 is 0 Å². The Morgan fingerprint density at radius 3 is 2.19 bits per heavy atom. The van der Waals surface area contributed by atoms with Crippen LogP contribution in [0, 0.1) is 0 Å². The largest absolute Gasteiger partial charge is 0.507 e. The molecular formula is C27H31O15+. The molecule has 0 bridgehead atoms. The van der Waals surface area contributed by atoms with Crippen LogP contribution in [-0.4, -0.2) is 119 Å². The molecule has 1 aromatic heterocycles. The number of aromatic hydroxyl groups is 4. The van der Waals surface area contributed by atoms with Gasteiger partial charge in [-0.2, -0.15) is 0 Å². The van der Waals surface area contributed by atoms with E-state index in [9.17, 15) is 51.1 Å². The van der Waals surface area contributed by atoms with Crippen molar-refractivity contribution >= 4 is 11.0 Å². The zero-order valence-electron chi connectivity index (χ0n) is 22.0. The van der Waals surface area contributed by atoms with Crippen molar-refractivity contribution in [3.8, 4) is 40.1 Å². The Balaban J connectivity index is 1.49. The highest BCUT2D eigenvalue weighted by atomic mass is 16.7. The molecular weight excluding hydrogens is 564 g/mol. The van der Waals surface area contributed by atoms with Gasteiger partial charge in [0.25, 0.3) is 0 Å². The minimum Gasteiger partial charge on any atom is -0.507 e. The fourth-order valence-electron chi connectivity index (χ4n) is 4.85. The Labute approximate surface area is 237 Å². The van der Waals surface area contributed by atoms with Crippen LogP contribution in [-0.2, 0) is 14.2 Å². The van der Waals surface area contributed by atoms with Crippen LogP contribution < -0.4 is 4.74 Å². The Bertz CT molecular complexity index is 1430. The zero-order chi connectivity index (χ0) is 30.5. The second kappa shape index (κ2) is 11.6. The number of ether oxygens (including phenoxy) is 4. The van der Waals surface area contributed by atoms with Crippen LogP contribution in [0.4, 0.5) is 0 Å². The number of aliphatic hydroxyl groups excluding tert-OH is 6. The molecule has 0 radical (unpaired) electrons. The third kappa shape index (κ3) is 5.49. The lowest BCUT2D eigenvalue weighted by Gasteiger charge is -2.45. The van der Waals surface area contributed by atoms with Crippen molar-refractivity contribution in [2.75, 3.05) is 6.61 Å². The topological polar surface area (TPSA) is 251 Å². The van der Waals surface area contributed by atoms with Gasteiger partial charge in [0.05, 0.1) is 24.3 Å². The summed E-state index contributed by atoms with van der Waals surface area (Å²) in [6, 6.07) is 7.31. The fourth-order valence-corrected chi connectivity index (χ4v) is 4.85. The van der Waals surface area contributed by atoms with Gasteiger partial charge in [-0.3, -0.25) is 0 Å².